The fourth-order valence-electron chi connectivity index (χ4n) is 2.66. The minimum absolute atomic E-state index is 0.218. The maximum Gasteiger partial charge on any atom is 0.128 e. The molecule has 0 spiro atoms. The molecule has 0 aliphatic carbocycles. The summed E-state index contributed by atoms with van der Waals surface area (Å²) in [6.07, 6.45) is 2.28. The van der Waals surface area contributed by atoms with Gasteiger partial charge in [-0.15, -0.1) is 0 Å². The molecule has 0 amide bonds. The molecule has 1 aliphatic rings. The minimum Gasteiger partial charge on any atom is -0.389 e. The van der Waals surface area contributed by atoms with Gasteiger partial charge in [0.1, 0.15) is 10.8 Å². The Labute approximate surface area is 125 Å². The van der Waals surface area contributed by atoms with E-state index in [4.69, 9.17) is 18.0 Å². The van der Waals surface area contributed by atoms with Crippen LogP contribution in [0.3, 0.4) is 0 Å². The van der Waals surface area contributed by atoms with Crippen LogP contribution in [-0.2, 0) is 6.54 Å². The van der Waals surface area contributed by atoms with Crippen molar-refractivity contribution in [1.82, 2.24) is 9.80 Å². The van der Waals surface area contributed by atoms with Crippen LogP contribution in [0.2, 0.25) is 0 Å². The molecule has 20 heavy (non-hydrogen) atoms. The lowest BCUT2D eigenvalue weighted by atomic mass is 10.0. The van der Waals surface area contributed by atoms with Gasteiger partial charge in [0, 0.05) is 23.7 Å². The molecule has 1 aliphatic heterocycles. The van der Waals surface area contributed by atoms with E-state index in [0.29, 0.717) is 23.7 Å². The second kappa shape index (κ2) is 6.61. The maximum absolute atomic E-state index is 14.0. The third kappa shape index (κ3) is 3.75. The highest BCUT2D eigenvalue weighted by atomic mass is 32.1. The number of hydrogen-bond donors (Lipinski definition) is 1. The SMILES string of the molecule is CN(C)C1CCN(Cc2ccc(C(N)=S)cc2F)CC1. The molecule has 0 radical (unpaired) electrons. The lowest BCUT2D eigenvalue weighted by molar-refractivity contribution is 0.139. The average Bonchev–Trinajstić information content (AvgIpc) is 2.41. The van der Waals surface area contributed by atoms with Crippen molar-refractivity contribution in [2.75, 3.05) is 27.2 Å². The van der Waals surface area contributed by atoms with Crippen LogP contribution in [0.5, 0.6) is 0 Å². The van der Waals surface area contributed by atoms with E-state index in [2.05, 4.69) is 23.9 Å². The van der Waals surface area contributed by atoms with Gasteiger partial charge in [-0.05, 0) is 46.1 Å². The summed E-state index contributed by atoms with van der Waals surface area (Å²) in [7, 11) is 4.24. The molecule has 0 bridgehead atoms. The van der Waals surface area contributed by atoms with Crippen molar-refractivity contribution in [3.8, 4) is 0 Å². The smallest absolute Gasteiger partial charge is 0.128 e. The largest absolute Gasteiger partial charge is 0.389 e. The Morgan fingerprint density at radius 3 is 2.55 bits per heavy atom. The number of halogens is 1. The van der Waals surface area contributed by atoms with Crippen molar-refractivity contribution in [2.45, 2.75) is 25.4 Å². The van der Waals surface area contributed by atoms with E-state index in [1.54, 1.807) is 12.1 Å². The Balaban J connectivity index is 1.96. The summed E-state index contributed by atoms with van der Waals surface area (Å²) in [5.41, 5.74) is 6.82. The number of rotatable bonds is 4. The number of hydrogen-bond acceptors (Lipinski definition) is 3. The van der Waals surface area contributed by atoms with Gasteiger partial charge in [-0.25, -0.2) is 4.39 Å². The lowest BCUT2D eigenvalue weighted by Gasteiger charge is -2.35. The van der Waals surface area contributed by atoms with E-state index in [-0.39, 0.29) is 10.8 Å². The van der Waals surface area contributed by atoms with Crippen molar-refractivity contribution in [3.63, 3.8) is 0 Å². The van der Waals surface area contributed by atoms with E-state index in [1.165, 1.54) is 6.07 Å². The third-order valence-corrected chi connectivity index (χ3v) is 4.25. The van der Waals surface area contributed by atoms with Crippen LogP contribution in [0.1, 0.15) is 24.0 Å². The molecule has 1 heterocycles. The summed E-state index contributed by atoms with van der Waals surface area (Å²) in [5, 5.41) is 0. The van der Waals surface area contributed by atoms with Gasteiger partial charge in [-0.2, -0.15) is 0 Å². The highest BCUT2D eigenvalue weighted by Crippen LogP contribution is 2.18. The summed E-state index contributed by atoms with van der Waals surface area (Å²) in [6, 6.07) is 5.67. The van der Waals surface area contributed by atoms with E-state index >= 15 is 0 Å². The number of piperidine rings is 1. The van der Waals surface area contributed by atoms with Gasteiger partial charge in [0.2, 0.25) is 0 Å². The zero-order valence-electron chi connectivity index (χ0n) is 12.1. The van der Waals surface area contributed by atoms with Gasteiger partial charge < -0.3 is 10.6 Å². The van der Waals surface area contributed by atoms with Gasteiger partial charge in [-0.1, -0.05) is 24.4 Å². The topological polar surface area (TPSA) is 32.5 Å². The van der Waals surface area contributed by atoms with Crippen LogP contribution < -0.4 is 5.73 Å². The number of likely N-dealkylation sites (tertiary alicyclic amines) is 1. The molecule has 1 aromatic carbocycles. The van der Waals surface area contributed by atoms with Crippen molar-refractivity contribution in [3.05, 3.63) is 35.1 Å². The molecule has 2 rings (SSSR count). The van der Waals surface area contributed by atoms with E-state index < -0.39 is 0 Å². The van der Waals surface area contributed by atoms with Crippen LogP contribution in [0.25, 0.3) is 0 Å². The Hall–Kier alpha value is -1.04. The van der Waals surface area contributed by atoms with Crippen molar-refractivity contribution in [2.24, 2.45) is 5.73 Å². The third-order valence-electron chi connectivity index (χ3n) is 4.02. The summed E-state index contributed by atoms with van der Waals surface area (Å²) in [4.78, 5) is 4.82. The quantitative estimate of drug-likeness (QED) is 0.861. The second-order valence-electron chi connectivity index (χ2n) is 5.64. The van der Waals surface area contributed by atoms with Crippen molar-refractivity contribution >= 4 is 17.2 Å². The molecule has 1 fully saturated rings. The Kier molecular flexibility index (Phi) is 5.07. The fourth-order valence-corrected chi connectivity index (χ4v) is 2.79. The average molecular weight is 295 g/mol. The van der Waals surface area contributed by atoms with Crippen molar-refractivity contribution in [1.29, 1.82) is 0 Å². The first kappa shape index (κ1) is 15.4. The van der Waals surface area contributed by atoms with Crippen LogP contribution in [0, 0.1) is 5.82 Å². The van der Waals surface area contributed by atoms with Crippen molar-refractivity contribution < 1.29 is 4.39 Å². The molecule has 0 atom stereocenters. The molecule has 0 unspecified atom stereocenters. The molecule has 5 heteroatoms. The predicted molar refractivity (Wildman–Crippen MR) is 84.3 cm³/mol. The summed E-state index contributed by atoms with van der Waals surface area (Å²) < 4.78 is 14.0. The molecule has 0 aromatic heterocycles. The maximum atomic E-state index is 14.0. The first-order valence-electron chi connectivity index (χ1n) is 6.94. The molecule has 2 N–H and O–H groups in total. The predicted octanol–water partition coefficient (Wildman–Crippen LogP) is 1.99. The number of benzene rings is 1. The summed E-state index contributed by atoms with van der Waals surface area (Å²) in [6.45, 7) is 2.68. The monoisotopic (exact) mass is 295 g/mol. The summed E-state index contributed by atoms with van der Waals surface area (Å²) in [5.74, 6) is -0.218. The Morgan fingerprint density at radius 2 is 2.05 bits per heavy atom. The fraction of sp³-hybridized carbons (Fsp3) is 0.533. The van der Waals surface area contributed by atoms with Gasteiger partial charge in [-0.3, -0.25) is 4.90 Å². The standard InChI is InChI=1S/C15H22FN3S/c1-18(2)13-5-7-19(8-6-13)10-12-4-3-11(15(17)20)9-14(12)16/h3-4,9,13H,5-8,10H2,1-2H3,(H2,17,20). The normalized spacial score (nSPS) is 17.6. The van der Waals surface area contributed by atoms with E-state index in [0.717, 1.165) is 25.9 Å². The Morgan fingerprint density at radius 1 is 1.40 bits per heavy atom. The zero-order valence-corrected chi connectivity index (χ0v) is 12.9. The van der Waals surface area contributed by atoms with Crippen LogP contribution in [0.4, 0.5) is 4.39 Å². The van der Waals surface area contributed by atoms with Gasteiger partial charge >= 0.3 is 0 Å². The highest BCUT2D eigenvalue weighted by molar-refractivity contribution is 7.80. The first-order chi connectivity index (χ1) is 9.47. The van der Waals surface area contributed by atoms with Gasteiger partial charge in [0.25, 0.3) is 0 Å². The minimum atomic E-state index is -0.218. The molecule has 1 saturated heterocycles. The van der Waals surface area contributed by atoms with E-state index in [1.807, 2.05) is 0 Å². The highest BCUT2D eigenvalue weighted by Gasteiger charge is 2.21. The number of nitrogens with two attached hydrogens (primary N) is 1. The second-order valence-corrected chi connectivity index (χ2v) is 6.08. The molecule has 110 valence electrons. The number of thiocarbonyl (C=S) groups is 1. The van der Waals surface area contributed by atoms with Gasteiger partial charge in [0.15, 0.2) is 0 Å². The molecule has 3 nitrogen and oxygen atoms in total. The number of nitrogens with zero attached hydrogens (tertiary/aromatic N) is 2. The Bertz CT molecular complexity index is 482. The zero-order chi connectivity index (χ0) is 14.7. The lowest BCUT2D eigenvalue weighted by Crippen LogP contribution is -2.41. The van der Waals surface area contributed by atoms with Crippen LogP contribution in [-0.4, -0.2) is 48.0 Å². The molecule has 0 saturated carbocycles. The first-order valence-corrected chi connectivity index (χ1v) is 7.35. The molecular weight excluding hydrogens is 273 g/mol. The molecule has 1 aromatic rings. The van der Waals surface area contributed by atoms with E-state index in [9.17, 15) is 4.39 Å². The molecular formula is C15H22FN3S. The van der Waals surface area contributed by atoms with Crippen LogP contribution in [0.15, 0.2) is 18.2 Å². The van der Waals surface area contributed by atoms with Crippen LogP contribution >= 0.6 is 12.2 Å². The van der Waals surface area contributed by atoms with Gasteiger partial charge in [0.05, 0.1) is 0 Å². The summed E-state index contributed by atoms with van der Waals surface area (Å²) >= 11 is 4.86.